The fourth-order valence-corrected chi connectivity index (χ4v) is 2.96. The van der Waals surface area contributed by atoms with Gasteiger partial charge in [-0.2, -0.15) is 0 Å². The lowest BCUT2D eigenvalue weighted by Gasteiger charge is -2.31. The van der Waals surface area contributed by atoms with Crippen molar-refractivity contribution in [3.05, 3.63) is 48.5 Å². The molecule has 6 nitrogen and oxygen atoms in total. The zero-order valence-electron chi connectivity index (χ0n) is 16.6. The fourth-order valence-electron chi connectivity index (χ4n) is 2.96. The molecule has 1 fully saturated rings. The van der Waals surface area contributed by atoms with E-state index in [0.29, 0.717) is 25.9 Å². The first kappa shape index (κ1) is 20.0. The Hall–Kier alpha value is -2.73. The summed E-state index contributed by atoms with van der Waals surface area (Å²) < 4.78 is 10.9. The minimum Gasteiger partial charge on any atom is -0.453 e. The molecule has 0 bridgehead atoms. The molecule has 1 amide bonds. The number of piperidine rings is 1. The van der Waals surface area contributed by atoms with E-state index >= 15 is 0 Å². The van der Waals surface area contributed by atoms with E-state index in [1.165, 1.54) is 0 Å². The van der Waals surface area contributed by atoms with Crippen LogP contribution < -0.4 is 10.1 Å². The molecule has 0 aromatic heterocycles. The van der Waals surface area contributed by atoms with Crippen molar-refractivity contribution in [3.63, 3.8) is 0 Å². The van der Waals surface area contributed by atoms with Crippen LogP contribution in [0.5, 0.6) is 11.5 Å². The molecule has 2 heterocycles. The monoisotopic (exact) mass is 384 g/mol. The summed E-state index contributed by atoms with van der Waals surface area (Å²) in [5.74, 6) is 1.76. The van der Waals surface area contributed by atoms with E-state index in [2.05, 4.69) is 5.32 Å². The van der Waals surface area contributed by atoms with Gasteiger partial charge >= 0.3 is 6.09 Å². The summed E-state index contributed by atoms with van der Waals surface area (Å²) in [5, 5.41) is 12.6. The molecule has 150 valence electrons. The van der Waals surface area contributed by atoms with Crippen molar-refractivity contribution in [2.24, 2.45) is 0 Å². The number of carbonyl (C=O) groups is 1. The number of hydrogen-bond acceptors (Lipinski definition) is 5. The number of aliphatic hydroxyl groups is 1. The first-order chi connectivity index (χ1) is 13.3. The van der Waals surface area contributed by atoms with Crippen molar-refractivity contribution in [1.82, 2.24) is 4.90 Å². The highest BCUT2D eigenvalue weighted by molar-refractivity contribution is 5.75. The Morgan fingerprint density at radius 1 is 1.04 bits per heavy atom. The molecule has 2 aliphatic rings. The summed E-state index contributed by atoms with van der Waals surface area (Å²) in [6.07, 6.45) is 0.775. The maximum atomic E-state index is 11.5. The van der Waals surface area contributed by atoms with Crippen molar-refractivity contribution in [1.29, 1.82) is 0 Å². The molecule has 28 heavy (non-hydrogen) atoms. The SMILES string of the molecule is CC(C)(C)OC(=O)N1CCC(O)CC1.c1ccc2c(c1)Nc1ccccc1O2. The van der Waals surface area contributed by atoms with Gasteiger partial charge in [0.1, 0.15) is 5.60 Å². The highest BCUT2D eigenvalue weighted by Gasteiger charge is 2.25. The minimum atomic E-state index is -0.437. The van der Waals surface area contributed by atoms with Gasteiger partial charge in [-0.3, -0.25) is 0 Å². The lowest BCUT2D eigenvalue weighted by Crippen LogP contribution is -2.42. The number of carbonyl (C=O) groups excluding carboxylic acids is 1. The number of aliphatic hydroxyl groups excluding tert-OH is 1. The Morgan fingerprint density at radius 2 is 1.54 bits per heavy atom. The number of anilines is 2. The standard InChI is InChI=1S/C12H9NO.C10H19NO3/c1-3-7-11-9(5-1)13-10-6-2-4-8-12(10)14-11;1-10(2,3)14-9(13)11-6-4-8(12)5-7-11/h1-8,13H;8,12H,4-7H2,1-3H3. The van der Waals surface area contributed by atoms with E-state index in [1.807, 2.05) is 69.3 Å². The van der Waals surface area contributed by atoms with Crippen molar-refractivity contribution >= 4 is 17.5 Å². The average molecular weight is 384 g/mol. The predicted molar refractivity (Wildman–Crippen MR) is 109 cm³/mol. The summed E-state index contributed by atoms with van der Waals surface area (Å²) >= 11 is 0. The van der Waals surface area contributed by atoms with E-state index in [4.69, 9.17) is 9.47 Å². The van der Waals surface area contributed by atoms with Crippen LogP contribution in [-0.2, 0) is 4.74 Å². The molecule has 0 aliphatic carbocycles. The molecule has 2 aromatic carbocycles. The second-order valence-electron chi connectivity index (χ2n) is 7.92. The molecular formula is C22H28N2O4. The van der Waals surface area contributed by atoms with Gasteiger partial charge in [0.15, 0.2) is 11.5 Å². The van der Waals surface area contributed by atoms with Crippen LogP contribution in [0.4, 0.5) is 16.2 Å². The third-order valence-corrected chi connectivity index (χ3v) is 4.38. The van der Waals surface area contributed by atoms with Crippen molar-refractivity contribution in [2.45, 2.75) is 45.3 Å². The number of rotatable bonds is 0. The number of amides is 1. The van der Waals surface area contributed by atoms with Gasteiger partial charge in [0, 0.05) is 13.1 Å². The van der Waals surface area contributed by atoms with Crippen LogP contribution in [0, 0.1) is 0 Å². The predicted octanol–water partition coefficient (Wildman–Crippen LogP) is 4.91. The number of likely N-dealkylation sites (tertiary alicyclic amines) is 1. The molecule has 4 rings (SSSR count). The van der Waals surface area contributed by atoms with Crippen LogP contribution >= 0.6 is 0 Å². The summed E-state index contributed by atoms with van der Waals surface area (Å²) in [6.45, 7) is 6.74. The van der Waals surface area contributed by atoms with Gasteiger partial charge in [0.05, 0.1) is 17.5 Å². The van der Waals surface area contributed by atoms with Gasteiger partial charge in [0.25, 0.3) is 0 Å². The Labute approximate surface area is 166 Å². The number of nitrogens with one attached hydrogen (secondary N) is 1. The van der Waals surface area contributed by atoms with Crippen LogP contribution in [0.3, 0.4) is 0 Å². The molecule has 2 aliphatic heterocycles. The molecule has 0 atom stereocenters. The Balaban J connectivity index is 0.000000161. The Kier molecular flexibility index (Phi) is 6.09. The highest BCUT2D eigenvalue weighted by atomic mass is 16.6. The molecule has 0 unspecified atom stereocenters. The van der Waals surface area contributed by atoms with Gasteiger partial charge in [-0.1, -0.05) is 24.3 Å². The van der Waals surface area contributed by atoms with Gasteiger partial charge in [-0.25, -0.2) is 4.79 Å². The quantitative estimate of drug-likeness (QED) is 0.576. The Bertz CT molecular complexity index is 721. The van der Waals surface area contributed by atoms with Gasteiger partial charge < -0.3 is 24.8 Å². The average Bonchev–Trinajstić information content (AvgIpc) is 2.66. The van der Waals surface area contributed by atoms with Crippen LogP contribution in [-0.4, -0.2) is 40.9 Å². The van der Waals surface area contributed by atoms with E-state index in [9.17, 15) is 9.90 Å². The maximum absolute atomic E-state index is 11.5. The largest absolute Gasteiger partial charge is 0.453 e. The van der Waals surface area contributed by atoms with Gasteiger partial charge in [-0.05, 0) is 57.9 Å². The van der Waals surface area contributed by atoms with E-state index < -0.39 is 5.60 Å². The highest BCUT2D eigenvalue weighted by Crippen LogP contribution is 2.40. The van der Waals surface area contributed by atoms with Crippen LogP contribution in [0.2, 0.25) is 0 Å². The van der Waals surface area contributed by atoms with E-state index in [0.717, 1.165) is 22.9 Å². The first-order valence-corrected chi connectivity index (χ1v) is 9.61. The van der Waals surface area contributed by atoms with Crippen molar-refractivity contribution in [3.8, 4) is 11.5 Å². The summed E-state index contributed by atoms with van der Waals surface area (Å²) in [6, 6.07) is 15.8. The molecular weight excluding hydrogens is 356 g/mol. The van der Waals surface area contributed by atoms with Crippen LogP contribution in [0.15, 0.2) is 48.5 Å². The third kappa shape index (κ3) is 5.39. The first-order valence-electron chi connectivity index (χ1n) is 9.61. The fraction of sp³-hybridized carbons (Fsp3) is 0.409. The summed E-state index contributed by atoms with van der Waals surface area (Å²) in [7, 11) is 0. The summed E-state index contributed by atoms with van der Waals surface area (Å²) in [4.78, 5) is 13.2. The lowest BCUT2D eigenvalue weighted by atomic mass is 10.1. The number of benzene rings is 2. The van der Waals surface area contributed by atoms with Crippen molar-refractivity contribution in [2.75, 3.05) is 18.4 Å². The zero-order chi connectivity index (χ0) is 20.1. The molecule has 0 saturated carbocycles. The topological polar surface area (TPSA) is 71.0 Å². The smallest absolute Gasteiger partial charge is 0.410 e. The molecule has 0 spiro atoms. The number of nitrogens with zero attached hydrogens (tertiary/aromatic N) is 1. The van der Waals surface area contributed by atoms with E-state index in [1.54, 1.807) is 4.90 Å². The molecule has 0 radical (unpaired) electrons. The molecule has 2 N–H and O–H groups in total. The Morgan fingerprint density at radius 3 is 2.04 bits per heavy atom. The molecule has 1 saturated heterocycles. The van der Waals surface area contributed by atoms with Crippen LogP contribution in [0.1, 0.15) is 33.6 Å². The second-order valence-corrected chi connectivity index (χ2v) is 7.92. The number of ether oxygens (including phenoxy) is 2. The number of fused-ring (bicyclic) bond motifs is 2. The van der Waals surface area contributed by atoms with Gasteiger partial charge in [0.2, 0.25) is 0 Å². The molecule has 2 aromatic rings. The lowest BCUT2D eigenvalue weighted by molar-refractivity contribution is 0.0101. The van der Waals surface area contributed by atoms with Crippen molar-refractivity contribution < 1.29 is 19.4 Å². The molecule has 6 heteroatoms. The normalized spacial score (nSPS) is 15.8. The van der Waals surface area contributed by atoms with Crippen LogP contribution in [0.25, 0.3) is 0 Å². The third-order valence-electron chi connectivity index (χ3n) is 4.38. The minimum absolute atomic E-state index is 0.256. The van der Waals surface area contributed by atoms with Gasteiger partial charge in [-0.15, -0.1) is 0 Å². The van der Waals surface area contributed by atoms with E-state index in [-0.39, 0.29) is 12.2 Å². The number of para-hydroxylation sites is 4. The number of hydrogen-bond donors (Lipinski definition) is 2. The maximum Gasteiger partial charge on any atom is 0.410 e. The summed E-state index contributed by atoms with van der Waals surface area (Å²) in [5.41, 5.74) is 1.60. The second kappa shape index (κ2) is 8.52. The zero-order valence-corrected chi connectivity index (χ0v) is 16.6.